The number of fused-ring (bicyclic) bond motifs is 1. The van der Waals surface area contributed by atoms with Gasteiger partial charge in [0.1, 0.15) is 18.2 Å². The third-order valence-electron chi connectivity index (χ3n) is 4.56. The van der Waals surface area contributed by atoms with Crippen molar-refractivity contribution >= 4 is 16.9 Å². The van der Waals surface area contributed by atoms with Crippen molar-refractivity contribution in [1.82, 2.24) is 29.6 Å². The Morgan fingerprint density at radius 3 is 2.78 bits per heavy atom. The molecule has 1 unspecified atom stereocenters. The zero-order chi connectivity index (χ0) is 19.4. The molecule has 0 fully saturated rings. The Morgan fingerprint density at radius 2 is 2.07 bits per heavy atom. The van der Waals surface area contributed by atoms with Gasteiger partial charge < -0.3 is 10.3 Å². The number of imidazole rings is 1. The highest BCUT2D eigenvalue weighted by molar-refractivity contribution is 5.77. The number of nitrogens with zero attached hydrogens (tertiary/aromatic N) is 4. The van der Waals surface area contributed by atoms with Crippen LogP contribution in [0.1, 0.15) is 51.3 Å². The second kappa shape index (κ2) is 8.20. The van der Waals surface area contributed by atoms with Gasteiger partial charge in [0.15, 0.2) is 0 Å². The minimum absolute atomic E-state index is 0.102. The molecular formula is C19H26N6O2. The van der Waals surface area contributed by atoms with E-state index in [1.54, 1.807) is 4.57 Å². The monoisotopic (exact) mass is 370 g/mol. The Morgan fingerprint density at radius 1 is 1.30 bits per heavy atom. The number of rotatable bonds is 8. The van der Waals surface area contributed by atoms with Crippen LogP contribution in [-0.2, 0) is 24.3 Å². The number of para-hydroxylation sites is 2. The van der Waals surface area contributed by atoms with Crippen LogP contribution in [0, 0.1) is 0 Å². The SMILES string of the molecule is CCCCc1nn(CC(=O)NC(C)c2nc3ccccc3[nH]2)c(=O)n1CC. The van der Waals surface area contributed by atoms with Crippen molar-refractivity contribution in [1.29, 1.82) is 0 Å². The molecular weight excluding hydrogens is 344 g/mol. The largest absolute Gasteiger partial charge is 0.346 e. The van der Waals surface area contributed by atoms with E-state index in [9.17, 15) is 9.59 Å². The number of unbranched alkanes of at least 4 members (excludes halogenated alkanes) is 1. The summed E-state index contributed by atoms with van der Waals surface area (Å²) in [5, 5.41) is 7.24. The molecule has 0 saturated carbocycles. The number of hydrogen-bond acceptors (Lipinski definition) is 4. The van der Waals surface area contributed by atoms with Gasteiger partial charge in [-0.05, 0) is 32.4 Å². The van der Waals surface area contributed by atoms with Gasteiger partial charge in [0, 0.05) is 13.0 Å². The number of aromatic nitrogens is 5. The van der Waals surface area contributed by atoms with Crippen LogP contribution in [0.4, 0.5) is 0 Å². The highest BCUT2D eigenvalue weighted by atomic mass is 16.2. The number of H-pyrrole nitrogens is 1. The molecule has 144 valence electrons. The van der Waals surface area contributed by atoms with E-state index in [0.29, 0.717) is 12.4 Å². The van der Waals surface area contributed by atoms with Crippen molar-refractivity contribution in [2.24, 2.45) is 0 Å². The summed E-state index contributed by atoms with van der Waals surface area (Å²) in [5.74, 6) is 1.15. The average molecular weight is 370 g/mol. The van der Waals surface area contributed by atoms with Gasteiger partial charge in [-0.1, -0.05) is 25.5 Å². The molecule has 2 heterocycles. The fourth-order valence-corrected chi connectivity index (χ4v) is 3.10. The van der Waals surface area contributed by atoms with Crippen molar-refractivity contribution in [2.45, 2.75) is 59.2 Å². The number of aromatic amines is 1. The summed E-state index contributed by atoms with van der Waals surface area (Å²) in [7, 11) is 0. The maximum atomic E-state index is 12.5. The van der Waals surface area contributed by atoms with Gasteiger partial charge in [-0.25, -0.2) is 14.5 Å². The van der Waals surface area contributed by atoms with Crippen LogP contribution < -0.4 is 11.0 Å². The van der Waals surface area contributed by atoms with Crippen LogP contribution in [0.25, 0.3) is 11.0 Å². The van der Waals surface area contributed by atoms with E-state index in [-0.39, 0.29) is 24.2 Å². The van der Waals surface area contributed by atoms with E-state index in [2.05, 4.69) is 27.3 Å². The molecule has 3 aromatic rings. The average Bonchev–Trinajstić information content (AvgIpc) is 3.21. The Hall–Kier alpha value is -2.90. The van der Waals surface area contributed by atoms with Gasteiger partial charge in [0.25, 0.3) is 0 Å². The highest BCUT2D eigenvalue weighted by Crippen LogP contribution is 2.15. The predicted octanol–water partition coefficient (Wildman–Crippen LogP) is 2.16. The number of amides is 1. The molecule has 0 radical (unpaired) electrons. The molecule has 27 heavy (non-hydrogen) atoms. The van der Waals surface area contributed by atoms with Crippen molar-refractivity contribution in [2.75, 3.05) is 0 Å². The standard InChI is InChI=1S/C19H26N6O2/c1-4-6-11-16-23-25(19(27)24(16)5-2)12-17(26)20-13(3)18-21-14-9-7-8-10-15(14)22-18/h7-10,13H,4-6,11-12H2,1-3H3,(H,20,26)(H,21,22). The number of nitrogens with one attached hydrogen (secondary N) is 2. The lowest BCUT2D eigenvalue weighted by Gasteiger charge is -2.11. The lowest BCUT2D eigenvalue weighted by molar-refractivity contribution is -0.122. The molecule has 2 N–H and O–H groups in total. The van der Waals surface area contributed by atoms with Crippen molar-refractivity contribution in [3.63, 3.8) is 0 Å². The summed E-state index contributed by atoms with van der Waals surface area (Å²) in [4.78, 5) is 32.6. The van der Waals surface area contributed by atoms with Crippen LogP contribution >= 0.6 is 0 Å². The number of hydrogen-bond donors (Lipinski definition) is 2. The molecule has 1 amide bonds. The van der Waals surface area contributed by atoms with Gasteiger partial charge in [-0.3, -0.25) is 9.36 Å². The Kier molecular flexibility index (Phi) is 5.73. The summed E-state index contributed by atoms with van der Waals surface area (Å²) < 4.78 is 2.88. The Bertz CT molecular complexity index is 951. The second-order valence-electron chi connectivity index (χ2n) is 6.63. The molecule has 0 spiro atoms. The molecule has 1 aromatic carbocycles. The first kappa shape index (κ1) is 18.9. The Balaban J connectivity index is 1.69. The number of aryl methyl sites for hydroxylation is 1. The third kappa shape index (κ3) is 4.10. The van der Waals surface area contributed by atoms with E-state index in [4.69, 9.17) is 0 Å². The van der Waals surface area contributed by atoms with E-state index in [0.717, 1.165) is 36.1 Å². The summed E-state index contributed by atoms with van der Waals surface area (Å²) >= 11 is 0. The lowest BCUT2D eigenvalue weighted by Crippen LogP contribution is -2.35. The van der Waals surface area contributed by atoms with E-state index >= 15 is 0 Å². The topological polar surface area (TPSA) is 97.6 Å². The first-order chi connectivity index (χ1) is 13.0. The van der Waals surface area contributed by atoms with Crippen LogP contribution in [0.3, 0.4) is 0 Å². The van der Waals surface area contributed by atoms with Gasteiger partial charge in [-0.2, -0.15) is 5.10 Å². The van der Waals surface area contributed by atoms with Gasteiger partial charge >= 0.3 is 5.69 Å². The normalized spacial score (nSPS) is 12.4. The smallest absolute Gasteiger partial charge is 0.345 e. The lowest BCUT2D eigenvalue weighted by atomic mass is 10.2. The molecule has 8 heteroatoms. The summed E-state index contributed by atoms with van der Waals surface area (Å²) in [6, 6.07) is 7.41. The number of carbonyl (C=O) groups is 1. The summed E-state index contributed by atoms with van der Waals surface area (Å²) in [6.45, 7) is 6.31. The zero-order valence-corrected chi connectivity index (χ0v) is 16.0. The van der Waals surface area contributed by atoms with Gasteiger partial charge in [-0.15, -0.1) is 0 Å². The first-order valence-electron chi connectivity index (χ1n) is 9.44. The summed E-state index contributed by atoms with van der Waals surface area (Å²) in [6.07, 6.45) is 2.73. The predicted molar refractivity (Wildman–Crippen MR) is 103 cm³/mol. The molecule has 0 saturated heterocycles. The highest BCUT2D eigenvalue weighted by Gasteiger charge is 2.17. The molecule has 0 aliphatic carbocycles. The molecule has 1 atom stereocenters. The number of benzene rings is 1. The van der Waals surface area contributed by atoms with Crippen molar-refractivity contribution in [3.05, 3.63) is 46.4 Å². The van der Waals surface area contributed by atoms with E-state index in [1.807, 2.05) is 38.1 Å². The first-order valence-corrected chi connectivity index (χ1v) is 9.44. The zero-order valence-electron chi connectivity index (χ0n) is 16.0. The molecule has 0 aliphatic rings. The van der Waals surface area contributed by atoms with Crippen molar-refractivity contribution in [3.8, 4) is 0 Å². The third-order valence-corrected chi connectivity index (χ3v) is 4.56. The van der Waals surface area contributed by atoms with Gasteiger partial charge in [0.2, 0.25) is 5.91 Å². The van der Waals surface area contributed by atoms with Crippen molar-refractivity contribution < 1.29 is 4.79 Å². The van der Waals surface area contributed by atoms with Crippen LogP contribution in [0.2, 0.25) is 0 Å². The molecule has 2 aromatic heterocycles. The molecule has 0 aliphatic heterocycles. The minimum atomic E-state index is -0.298. The molecule has 0 bridgehead atoms. The number of carbonyl (C=O) groups excluding carboxylic acids is 1. The molecule has 3 rings (SSSR count). The minimum Gasteiger partial charge on any atom is -0.345 e. The van der Waals surface area contributed by atoms with E-state index < -0.39 is 0 Å². The van der Waals surface area contributed by atoms with Crippen LogP contribution in [-0.4, -0.2) is 30.2 Å². The maximum absolute atomic E-state index is 12.5. The van der Waals surface area contributed by atoms with Crippen LogP contribution in [0.15, 0.2) is 29.1 Å². The molecule has 8 nitrogen and oxygen atoms in total. The Labute approximate surface area is 157 Å². The summed E-state index contributed by atoms with van der Waals surface area (Å²) in [5.41, 5.74) is 1.54. The fraction of sp³-hybridized carbons (Fsp3) is 0.474. The van der Waals surface area contributed by atoms with Gasteiger partial charge in [0.05, 0.1) is 17.1 Å². The quantitative estimate of drug-likeness (QED) is 0.635. The fourth-order valence-electron chi connectivity index (χ4n) is 3.10. The van der Waals surface area contributed by atoms with Crippen LogP contribution in [0.5, 0.6) is 0 Å². The van der Waals surface area contributed by atoms with E-state index in [1.165, 1.54) is 4.68 Å². The maximum Gasteiger partial charge on any atom is 0.346 e. The second-order valence-corrected chi connectivity index (χ2v) is 6.63.